The fraction of sp³-hybridized carbons (Fsp3) is 0.0833. The fourth-order valence-electron chi connectivity index (χ4n) is 3.02. The molecule has 3 rings (SSSR count). The van der Waals surface area contributed by atoms with Crippen LogP contribution < -0.4 is 5.32 Å². The zero-order valence-electron chi connectivity index (χ0n) is 17.3. The minimum Gasteiger partial charge on any atom is -0.310 e. The van der Waals surface area contributed by atoms with Gasteiger partial charge in [-0.2, -0.15) is 9.65 Å². The van der Waals surface area contributed by atoms with Crippen molar-refractivity contribution in [2.75, 3.05) is 5.32 Å². The van der Waals surface area contributed by atoms with E-state index in [4.69, 9.17) is 0 Å². The van der Waals surface area contributed by atoms with Crippen LogP contribution in [-0.4, -0.2) is 28.8 Å². The fourth-order valence-corrected chi connectivity index (χ4v) is 3.02. The molecule has 0 saturated heterocycles. The van der Waals surface area contributed by atoms with Gasteiger partial charge in [0.15, 0.2) is 0 Å². The number of hydrogen-bond donors (Lipinski definition) is 1. The predicted molar refractivity (Wildman–Crippen MR) is 123 cm³/mol. The molecule has 0 saturated carbocycles. The number of anilines is 1. The Kier molecular flexibility index (Phi) is 7.28. The number of carbonyl (C=O) groups excluding carboxylic acids is 1. The Morgan fingerprint density at radius 3 is 2.75 bits per heavy atom. The van der Waals surface area contributed by atoms with Crippen molar-refractivity contribution in [2.45, 2.75) is 13.3 Å². The van der Waals surface area contributed by atoms with E-state index in [0.29, 0.717) is 33.8 Å². The van der Waals surface area contributed by atoms with E-state index in [1.807, 2.05) is 0 Å². The summed E-state index contributed by atoms with van der Waals surface area (Å²) in [5.74, 6) is -0.528. The Morgan fingerprint density at radius 1 is 1.25 bits per heavy atom. The topological polar surface area (TPSA) is 103 Å². The maximum Gasteiger partial charge on any atom is 0.229 e. The number of benzene rings is 1. The van der Waals surface area contributed by atoms with Crippen molar-refractivity contribution in [2.24, 2.45) is 9.98 Å². The van der Waals surface area contributed by atoms with Crippen molar-refractivity contribution in [1.29, 1.82) is 5.26 Å². The van der Waals surface area contributed by atoms with Gasteiger partial charge in [0.25, 0.3) is 0 Å². The van der Waals surface area contributed by atoms with Gasteiger partial charge < -0.3 is 5.32 Å². The lowest BCUT2D eigenvalue weighted by molar-refractivity contribution is -0.115. The van der Waals surface area contributed by atoms with Crippen LogP contribution >= 0.6 is 0 Å². The summed E-state index contributed by atoms with van der Waals surface area (Å²) in [7, 11) is 0. The van der Waals surface area contributed by atoms with Crippen molar-refractivity contribution >= 4 is 30.4 Å². The van der Waals surface area contributed by atoms with E-state index in [2.05, 4.69) is 38.1 Å². The largest absolute Gasteiger partial charge is 0.310 e. The summed E-state index contributed by atoms with van der Waals surface area (Å²) in [4.78, 5) is 28.1. The first-order valence-corrected chi connectivity index (χ1v) is 9.60. The summed E-state index contributed by atoms with van der Waals surface area (Å²) in [5, 5.41) is 12.2. The molecule has 0 aliphatic carbocycles. The molecule has 3 aromatic rings. The van der Waals surface area contributed by atoms with Gasteiger partial charge in [-0.3, -0.25) is 14.8 Å². The molecule has 2 heterocycles. The average molecular weight is 426 g/mol. The molecule has 0 spiro atoms. The lowest BCUT2D eigenvalue weighted by Gasteiger charge is -2.09. The number of rotatable bonds is 7. The van der Waals surface area contributed by atoms with Gasteiger partial charge in [0.2, 0.25) is 11.9 Å². The minimum absolute atomic E-state index is 0.0504. The second kappa shape index (κ2) is 10.5. The van der Waals surface area contributed by atoms with E-state index >= 15 is 0 Å². The molecule has 8 heteroatoms. The Labute approximate surface area is 184 Å². The molecule has 0 unspecified atom stereocenters. The summed E-state index contributed by atoms with van der Waals surface area (Å²) in [5.41, 5.74) is 3.44. The van der Waals surface area contributed by atoms with Crippen LogP contribution in [0.1, 0.15) is 23.6 Å². The Hall–Kier alpha value is -4.51. The number of nitrogens with one attached hydrogen (secondary N) is 1. The van der Waals surface area contributed by atoms with Gasteiger partial charge in [0.05, 0.1) is 30.0 Å². The molecule has 32 heavy (non-hydrogen) atoms. The molecule has 0 bridgehead atoms. The normalized spacial score (nSPS) is 11.2. The smallest absolute Gasteiger partial charge is 0.229 e. The number of nitrogens with zero attached hydrogens (tertiary/aromatic N) is 5. The van der Waals surface area contributed by atoms with Crippen molar-refractivity contribution < 1.29 is 9.18 Å². The monoisotopic (exact) mass is 426 g/mol. The molecule has 1 N–H and O–H groups in total. The molecular weight excluding hydrogens is 407 g/mol. The third-order valence-corrected chi connectivity index (χ3v) is 4.42. The Morgan fingerprint density at radius 2 is 2.09 bits per heavy atom. The highest BCUT2D eigenvalue weighted by Gasteiger charge is 2.11. The van der Waals surface area contributed by atoms with E-state index in [9.17, 15) is 14.4 Å². The minimum atomic E-state index is -0.627. The summed E-state index contributed by atoms with van der Waals surface area (Å²) in [6.07, 6.45) is 6.13. The molecule has 1 amide bonds. The summed E-state index contributed by atoms with van der Waals surface area (Å²) >= 11 is 0. The number of halogens is 1. The number of pyridine rings is 2. The van der Waals surface area contributed by atoms with E-state index in [0.717, 1.165) is 5.56 Å². The van der Waals surface area contributed by atoms with Crippen LogP contribution in [0.25, 0.3) is 16.8 Å². The zero-order valence-corrected chi connectivity index (χ0v) is 17.3. The first kappa shape index (κ1) is 22.2. The number of hydrogen-bond acceptors (Lipinski definition) is 6. The van der Waals surface area contributed by atoms with Crippen molar-refractivity contribution in [1.82, 2.24) is 9.97 Å². The van der Waals surface area contributed by atoms with E-state index < -0.39 is 5.95 Å². The Bertz CT molecular complexity index is 1240. The van der Waals surface area contributed by atoms with Crippen LogP contribution in [0.5, 0.6) is 0 Å². The number of carbonyl (C=O) groups is 1. The third kappa shape index (κ3) is 5.55. The van der Waals surface area contributed by atoms with Gasteiger partial charge in [0, 0.05) is 30.2 Å². The molecule has 158 valence electrons. The van der Waals surface area contributed by atoms with Crippen LogP contribution in [0.15, 0.2) is 71.0 Å². The van der Waals surface area contributed by atoms with Crippen LogP contribution in [-0.2, 0) is 11.2 Å². The van der Waals surface area contributed by atoms with E-state index in [1.54, 1.807) is 55.7 Å². The standard InChI is InChI=1S/C24H19FN6O/c1-3-28-21(15-27-2)18-5-7-23(30-14-18)31-24(32)11-16-4-6-20(19(10-16)13-26)17-8-9-29-22(25)12-17/h3-10,12,14-15H,2,11H2,1H3,(H,30,31,32)/b21-15-,28-3?. The molecule has 7 nitrogen and oxygen atoms in total. The second-order valence-corrected chi connectivity index (χ2v) is 6.60. The van der Waals surface area contributed by atoms with Gasteiger partial charge in [0.1, 0.15) is 5.82 Å². The van der Waals surface area contributed by atoms with Crippen LogP contribution in [0.4, 0.5) is 10.2 Å². The number of amides is 1. The maximum atomic E-state index is 13.4. The van der Waals surface area contributed by atoms with Crippen molar-refractivity contribution in [3.8, 4) is 17.2 Å². The average Bonchev–Trinajstić information content (AvgIpc) is 2.79. The first-order chi connectivity index (χ1) is 15.5. The highest BCUT2D eigenvalue weighted by atomic mass is 19.1. The Balaban J connectivity index is 1.72. The van der Waals surface area contributed by atoms with E-state index in [-0.39, 0.29) is 12.3 Å². The molecular formula is C24H19FN6O. The van der Waals surface area contributed by atoms with Gasteiger partial charge >= 0.3 is 0 Å². The predicted octanol–water partition coefficient (Wildman–Crippen LogP) is 4.43. The summed E-state index contributed by atoms with van der Waals surface area (Å²) in [6, 6.07) is 13.5. The molecule has 2 aromatic heterocycles. The van der Waals surface area contributed by atoms with Gasteiger partial charge in [-0.25, -0.2) is 9.97 Å². The number of aromatic nitrogens is 2. The maximum absolute atomic E-state index is 13.4. The van der Waals surface area contributed by atoms with Gasteiger partial charge in [-0.05, 0) is 54.6 Å². The van der Waals surface area contributed by atoms with Crippen molar-refractivity contribution in [3.63, 3.8) is 0 Å². The van der Waals surface area contributed by atoms with Crippen LogP contribution in [0.2, 0.25) is 0 Å². The quantitative estimate of drug-likeness (QED) is 0.446. The molecule has 0 aliphatic rings. The lowest BCUT2D eigenvalue weighted by Crippen LogP contribution is -2.15. The van der Waals surface area contributed by atoms with Crippen molar-refractivity contribution in [3.05, 3.63) is 83.7 Å². The molecule has 0 atom stereocenters. The SMILES string of the molecule is C=N/C=C(\N=CC)c1ccc(NC(=O)Cc2ccc(-c3ccnc(F)c3)c(C#N)c2)nc1. The van der Waals surface area contributed by atoms with Crippen LogP contribution in [0.3, 0.4) is 0 Å². The molecule has 0 radical (unpaired) electrons. The van der Waals surface area contributed by atoms with Gasteiger partial charge in [-0.1, -0.05) is 12.1 Å². The highest BCUT2D eigenvalue weighted by molar-refractivity contribution is 5.91. The second-order valence-electron chi connectivity index (χ2n) is 6.60. The summed E-state index contributed by atoms with van der Waals surface area (Å²) < 4.78 is 13.4. The summed E-state index contributed by atoms with van der Waals surface area (Å²) in [6.45, 7) is 5.22. The number of nitriles is 1. The lowest BCUT2D eigenvalue weighted by atomic mass is 9.98. The molecule has 1 aromatic carbocycles. The highest BCUT2D eigenvalue weighted by Crippen LogP contribution is 2.25. The molecule has 0 fully saturated rings. The van der Waals surface area contributed by atoms with Gasteiger partial charge in [-0.15, -0.1) is 0 Å². The zero-order chi connectivity index (χ0) is 22.9. The van der Waals surface area contributed by atoms with E-state index in [1.165, 1.54) is 18.5 Å². The number of aliphatic imine (C=N–C) groups is 2. The van der Waals surface area contributed by atoms with Crippen LogP contribution in [0, 0.1) is 17.3 Å². The third-order valence-electron chi connectivity index (χ3n) is 4.42. The first-order valence-electron chi connectivity index (χ1n) is 9.60. The molecule has 0 aliphatic heterocycles.